The quantitative estimate of drug-likeness (QED) is 0.564. The zero-order chi connectivity index (χ0) is 9.19. The molecular weight excluding hydrogens is 188 g/mol. The summed E-state index contributed by atoms with van der Waals surface area (Å²) in [5, 5.41) is 0. The maximum Gasteiger partial charge on any atom is 0.335 e. The van der Waals surface area contributed by atoms with Crippen molar-refractivity contribution in [2.45, 2.75) is 45.1 Å². The van der Waals surface area contributed by atoms with Crippen LogP contribution in [-0.4, -0.2) is 26.5 Å². The van der Waals surface area contributed by atoms with E-state index in [1.54, 1.807) is 0 Å². The van der Waals surface area contributed by atoms with Crippen molar-refractivity contribution in [3.63, 3.8) is 0 Å². The Morgan fingerprint density at radius 1 is 1.25 bits per heavy atom. The zero-order valence-corrected chi connectivity index (χ0v) is 9.93. The molecule has 72 valence electrons. The predicted molar refractivity (Wildman–Crippen MR) is 56.0 cm³/mol. The largest absolute Gasteiger partial charge is 0.389 e. The van der Waals surface area contributed by atoms with E-state index >= 15 is 0 Å². The first-order chi connectivity index (χ1) is 5.57. The first-order valence-electron chi connectivity index (χ1n) is 4.54. The SMILES string of the molecule is CC1O[Si](C)(CCCS)OC1C. The Morgan fingerprint density at radius 2 is 1.75 bits per heavy atom. The maximum atomic E-state index is 5.85. The topological polar surface area (TPSA) is 18.5 Å². The third kappa shape index (κ3) is 2.49. The van der Waals surface area contributed by atoms with Gasteiger partial charge < -0.3 is 8.85 Å². The van der Waals surface area contributed by atoms with Gasteiger partial charge in [-0.2, -0.15) is 12.6 Å². The van der Waals surface area contributed by atoms with Gasteiger partial charge in [-0.3, -0.25) is 0 Å². The summed E-state index contributed by atoms with van der Waals surface area (Å²) in [5.74, 6) is 0.929. The Kier molecular flexibility index (Phi) is 3.64. The van der Waals surface area contributed by atoms with E-state index in [1.165, 1.54) is 0 Å². The molecule has 0 bridgehead atoms. The molecular formula is C8H18O2SSi. The third-order valence-electron chi connectivity index (χ3n) is 2.32. The zero-order valence-electron chi connectivity index (χ0n) is 8.04. The third-order valence-corrected chi connectivity index (χ3v) is 5.64. The Morgan fingerprint density at radius 3 is 2.17 bits per heavy atom. The van der Waals surface area contributed by atoms with Crippen LogP contribution in [-0.2, 0) is 8.85 Å². The fourth-order valence-corrected chi connectivity index (χ4v) is 5.05. The molecule has 0 spiro atoms. The molecule has 0 aromatic carbocycles. The fourth-order valence-electron chi connectivity index (χ4n) is 1.52. The fraction of sp³-hybridized carbons (Fsp3) is 1.00. The number of hydrogen-bond acceptors (Lipinski definition) is 3. The van der Waals surface area contributed by atoms with Crippen molar-refractivity contribution in [2.24, 2.45) is 0 Å². The molecule has 1 aliphatic rings. The molecule has 0 aromatic heterocycles. The molecule has 0 amide bonds. The average Bonchev–Trinajstić information content (AvgIpc) is 2.24. The van der Waals surface area contributed by atoms with Gasteiger partial charge in [0.1, 0.15) is 0 Å². The van der Waals surface area contributed by atoms with E-state index in [-0.39, 0.29) is 12.2 Å². The van der Waals surface area contributed by atoms with Gasteiger partial charge in [-0.05, 0) is 38.6 Å². The number of rotatable bonds is 3. The normalized spacial score (nSPS) is 42.0. The summed E-state index contributed by atoms with van der Waals surface area (Å²) >= 11 is 4.19. The van der Waals surface area contributed by atoms with Crippen molar-refractivity contribution in [3.8, 4) is 0 Å². The van der Waals surface area contributed by atoms with Crippen LogP contribution >= 0.6 is 12.6 Å². The van der Waals surface area contributed by atoms with Crippen molar-refractivity contribution in [1.82, 2.24) is 0 Å². The highest BCUT2D eigenvalue weighted by Crippen LogP contribution is 2.28. The number of hydrogen-bond donors (Lipinski definition) is 1. The van der Waals surface area contributed by atoms with Crippen LogP contribution in [0, 0.1) is 0 Å². The van der Waals surface area contributed by atoms with Crippen LogP contribution in [0.2, 0.25) is 12.6 Å². The smallest absolute Gasteiger partial charge is 0.335 e. The molecule has 2 nitrogen and oxygen atoms in total. The highest BCUT2D eigenvalue weighted by atomic mass is 32.1. The van der Waals surface area contributed by atoms with Gasteiger partial charge in [0.15, 0.2) is 0 Å². The van der Waals surface area contributed by atoms with Gasteiger partial charge in [-0.15, -0.1) is 0 Å². The minimum atomic E-state index is -1.78. The summed E-state index contributed by atoms with van der Waals surface area (Å²) in [4.78, 5) is 0. The number of thiol groups is 1. The van der Waals surface area contributed by atoms with E-state index in [2.05, 4.69) is 33.0 Å². The van der Waals surface area contributed by atoms with Gasteiger partial charge in [0.05, 0.1) is 12.2 Å². The van der Waals surface area contributed by atoms with Gasteiger partial charge in [0, 0.05) is 0 Å². The second-order valence-corrected chi connectivity index (χ2v) is 7.29. The second-order valence-electron chi connectivity index (χ2n) is 3.61. The Hall–Kier alpha value is 0.487. The van der Waals surface area contributed by atoms with E-state index in [4.69, 9.17) is 8.85 Å². The van der Waals surface area contributed by atoms with E-state index in [9.17, 15) is 0 Å². The lowest BCUT2D eigenvalue weighted by molar-refractivity contribution is 0.187. The second kappa shape index (κ2) is 4.13. The van der Waals surface area contributed by atoms with Crippen LogP contribution in [0.5, 0.6) is 0 Å². The summed E-state index contributed by atoms with van der Waals surface area (Å²) in [5.41, 5.74) is 0. The summed E-state index contributed by atoms with van der Waals surface area (Å²) in [6.07, 6.45) is 1.66. The Bertz CT molecular complexity index is 144. The molecule has 4 heteroatoms. The lowest BCUT2D eigenvalue weighted by Gasteiger charge is -2.18. The van der Waals surface area contributed by atoms with E-state index in [0.717, 1.165) is 18.2 Å². The summed E-state index contributed by atoms with van der Waals surface area (Å²) in [6.45, 7) is 6.32. The van der Waals surface area contributed by atoms with Crippen molar-refractivity contribution in [3.05, 3.63) is 0 Å². The Labute approximate surface area is 81.3 Å². The highest BCUT2D eigenvalue weighted by molar-refractivity contribution is 7.80. The van der Waals surface area contributed by atoms with Crippen LogP contribution in [0.25, 0.3) is 0 Å². The van der Waals surface area contributed by atoms with E-state index < -0.39 is 8.56 Å². The average molecular weight is 206 g/mol. The van der Waals surface area contributed by atoms with Crippen LogP contribution in [0.4, 0.5) is 0 Å². The molecule has 1 rings (SSSR count). The maximum absolute atomic E-state index is 5.85. The molecule has 0 aliphatic carbocycles. The summed E-state index contributed by atoms with van der Waals surface area (Å²) in [7, 11) is -1.78. The summed E-state index contributed by atoms with van der Waals surface area (Å²) < 4.78 is 11.7. The molecule has 12 heavy (non-hydrogen) atoms. The van der Waals surface area contributed by atoms with Crippen molar-refractivity contribution in [2.75, 3.05) is 5.75 Å². The molecule has 2 unspecified atom stereocenters. The monoisotopic (exact) mass is 206 g/mol. The van der Waals surface area contributed by atoms with Gasteiger partial charge in [0.2, 0.25) is 0 Å². The molecule has 1 fully saturated rings. The lowest BCUT2D eigenvalue weighted by Crippen LogP contribution is -2.33. The van der Waals surface area contributed by atoms with E-state index in [0.29, 0.717) is 0 Å². The van der Waals surface area contributed by atoms with Crippen molar-refractivity contribution >= 4 is 21.2 Å². The van der Waals surface area contributed by atoms with Crippen molar-refractivity contribution in [1.29, 1.82) is 0 Å². The molecule has 2 atom stereocenters. The van der Waals surface area contributed by atoms with Crippen LogP contribution < -0.4 is 0 Å². The molecule has 0 aromatic rings. The standard InChI is InChI=1S/C8H18O2SSi/c1-7-8(2)10-12(3,9-7)6-4-5-11/h7-8,11H,4-6H2,1-3H3. The van der Waals surface area contributed by atoms with Gasteiger partial charge in [-0.25, -0.2) is 0 Å². The van der Waals surface area contributed by atoms with Crippen LogP contribution in [0.1, 0.15) is 20.3 Å². The first-order valence-corrected chi connectivity index (χ1v) is 7.69. The molecule has 1 aliphatic heterocycles. The molecule has 1 heterocycles. The minimum absolute atomic E-state index is 0.279. The van der Waals surface area contributed by atoms with E-state index in [1.807, 2.05) is 0 Å². The van der Waals surface area contributed by atoms with Gasteiger partial charge in [-0.1, -0.05) is 0 Å². The van der Waals surface area contributed by atoms with Gasteiger partial charge >= 0.3 is 8.56 Å². The molecule has 0 N–H and O–H groups in total. The van der Waals surface area contributed by atoms with Crippen molar-refractivity contribution < 1.29 is 8.85 Å². The molecule has 0 radical (unpaired) electrons. The van der Waals surface area contributed by atoms with Crippen LogP contribution in [0.3, 0.4) is 0 Å². The Balaban J connectivity index is 2.40. The minimum Gasteiger partial charge on any atom is -0.389 e. The summed E-state index contributed by atoms with van der Waals surface area (Å²) in [6, 6.07) is 1.07. The lowest BCUT2D eigenvalue weighted by atomic mass is 10.3. The predicted octanol–water partition coefficient (Wildman–Crippen LogP) is 2.20. The molecule has 1 saturated heterocycles. The highest BCUT2D eigenvalue weighted by Gasteiger charge is 2.42. The molecule has 0 saturated carbocycles. The van der Waals surface area contributed by atoms with Gasteiger partial charge in [0.25, 0.3) is 0 Å². The first kappa shape index (κ1) is 10.6. The van der Waals surface area contributed by atoms with Crippen LogP contribution in [0.15, 0.2) is 0 Å².